The molecule has 0 bridgehead atoms. The summed E-state index contributed by atoms with van der Waals surface area (Å²) >= 11 is 6.31. The van der Waals surface area contributed by atoms with Gasteiger partial charge in [0.05, 0.1) is 11.4 Å². The lowest BCUT2D eigenvalue weighted by molar-refractivity contribution is -0.297. The molecule has 1 aromatic heterocycles. The van der Waals surface area contributed by atoms with E-state index in [4.69, 9.17) is 26.1 Å². The number of benzene rings is 2. The number of aromatic nitrogens is 3. The van der Waals surface area contributed by atoms with Gasteiger partial charge in [0.15, 0.2) is 24.0 Å². The van der Waals surface area contributed by atoms with Crippen LogP contribution in [0, 0.1) is 0 Å². The lowest BCUT2D eigenvalue weighted by Gasteiger charge is -2.38. The Morgan fingerprint density at radius 2 is 1.86 bits per heavy atom. The highest BCUT2D eigenvalue weighted by atomic mass is 35.5. The van der Waals surface area contributed by atoms with Crippen molar-refractivity contribution in [3.8, 4) is 5.69 Å². The molecule has 182 valence electrons. The molecule has 3 heterocycles. The van der Waals surface area contributed by atoms with Gasteiger partial charge in [-0.15, -0.1) is 10.2 Å². The molecule has 2 aliphatic heterocycles. The molecule has 1 saturated heterocycles. The van der Waals surface area contributed by atoms with Gasteiger partial charge in [-0.2, -0.15) is 0 Å². The van der Waals surface area contributed by atoms with Crippen molar-refractivity contribution in [3.05, 3.63) is 76.3 Å². The molecule has 0 amide bonds. The maximum Gasteiger partial charge on any atom is 0.335 e. The van der Waals surface area contributed by atoms with Crippen LogP contribution in [0.4, 0.5) is 0 Å². The van der Waals surface area contributed by atoms with Gasteiger partial charge in [-0.3, -0.25) is 9.56 Å². The number of carboxylic acids is 1. The molecular formula is C23H21ClN4O7. The monoisotopic (exact) mass is 500 g/mol. The zero-order valence-corrected chi connectivity index (χ0v) is 18.9. The zero-order chi connectivity index (χ0) is 24.7. The Hall–Kier alpha value is -3.19. The second kappa shape index (κ2) is 9.46. The molecule has 0 spiro atoms. The van der Waals surface area contributed by atoms with Gasteiger partial charge in [0.2, 0.25) is 0 Å². The maximum atomic E-state index is 11.4. The van der Waals surface area contributed by atoms with Crippen LogP contribution in [0.2, 0.25) is 5.02 Å². The summed E-state index contributed by atoms with van der Waals surface area (Å²) in [6.07, 6.45) is -8.54. The number of aliphatic hydroxyl groups excluding tert-OH is 3. The Bertz CT molecular complexity index is 1280. The molecule has 2 aliphatic rings. The molecule has 2 aromatic carbocycles. The van der Waals surface area contributed by atoms with Crippen molar-refractivity contribution in [2.24, 2.45) is 4.99 Å². The average molecular weight is 501 g/mol. The fourth-order valence-corrected chi connectivity index (χ4v) is 4.32. The number of hydrogen-bond donors (Lipinski definition) is 4. The highest BCUT2D eigenvalue weighted by Crippen LogP contribution is 2.29. The Balaban J connectivity index is 1.46. The van der Waals surface area contributed by atoms with Crippen molar-refractivity contribution in [2.75, 3.05) is 0 Å². The summed E-state index contributed by atoms with van der Waals surface area (Å²) in [5.74, 6) is -0.636. The molecule has 0 saturated carbocycles. The predicted molar refractivity (Wildman–Crippen MR) is 121 cm³/mol. The first-order valence-electron chi connectivity index (χ1n) is 10.7. The summed E-state index contributed by atoms with van der Waals surface area (Å²) in [4.78, 5) is 16.1. The van der Waals surface area contributed by atoms with Crippen LogP contribution in [0.5, 0.6) is 0 Å². The van der Waals surface area contributed by atoms with Crippen LogP contribution in [0.15, 0.2) is 53.5 Å². The van der Waals surface area contributed by atoms with Gasteiger partial charge < -0.3 is 29.9 Å². The molecule has 0 radical (unpaired) electrons. The number of aliphatic hydroxyl groups is 3. The van der Waals surface area contributed by atoms with E-state index in [0.717, 1.165) is 16.8 Å². The van der Waals surface area contributed by atoms with Gasteiger partial charge in [0.25, 0.3) is 0 Å². The SMILES string of the molecule is O=C(O)[C@H]1O[C@@H](OCc2nnc3n2-c2ccc(Cl)cc2C(c2ccccc2)=NC3)[C@H](O)[C@@H](O)[C@@H]1O. The molecule has 11 nitrogen and oxygen atoms in total. The molecule has 4 N–H and O–H groups in total. The number of halogens is 1. The minimum absolute atomic E-state index is 0.220. The lowest BCUT2D eigenvalue weighted by Crippen LogP contribution is -2.60. The third kappa shape index (κ3) is 4.33. The van der Waals surface area contributed by atoms with Crippen LogP contribution >= 0.6 is 11.6 Å². The van der Waals surface area contributed by atoms with Gasteiger partial charge in [-0.05, 0) is 18.2 Å². The van der Waals surface area contributed by atoms with E-state index in [9.17, 15) is 25.2 Å². The second-order valence-electron chi connectivity index (χ2n) is 8.11. The number of carboxylic acid groups (broad SMARTS) is 1. The molecule has 12 heteroatoms. The van der Waals surface area contributed by atoms with Crippen LogP contribution in [-0.2, 0) is 27.4 Å². The second-order valence-corrected chi connectivity index (χ2v) is 8.54. The molecule has 0 aliphatic carbocycles. The highest BCUT2D eigenvalue weighted by molar-refractivity contribution is 6.31. The fourth-order valence-electron chi connectivity index (χ4n) is 4.14. The normalized spacial score (nSPS) is 25.8. The fraction of sp³-hybridized carbons (Fsp3) is 0.304. The average Bonchev–Trinajstić information content (AvgIpc) is 3.18. The van der Waals surface area contributed by atoms with E-state index >= 15 is 0 Å². The predicted octanol–water partition coefficient (Wildman–Crippen LogP) is 0.680. The highest BCUT2D eigenvalue weighted by Gasteiger charge is 2.47. The summed E-state index contributed by atoms with van der Waals surface area (Å²) in [7, 11) is 0. The third-order valence-corrected chi connectivity index (χ3v) is 6.10. The first-order chi connectivity index (χ1) is 16.8. The van der Waals surface area contributed by atoms with E-state index in [0.29, 0.717) is 22.4 Å². The Morgan fingerprint density at radius 3 is 2.60 bits per heavy atom. The van der Waals surface area contributed by atoms with Crippen LogP contribution in [-0.4, -0.2) is 77.6 Å². The molecular weight excluding hydrogens is 480 g/mol. The van der Waals surface area contributed by atoms with Gasteiger partial charge in [-0.25, -0.2) is 4.79 Å². The van der Waals surface area contributed by atoms with E-state index < -0.39 is 36.7 Å². The summed E-state index contributed by atoms with van der Waals surface area (Å²) in [5.41, 5.74) is 3.09. The molecule has 5 rings (SSSR count). The maximum absolute atomic E-state index is 11.4. The first-order valence-corrected chi connectivity index (χ1v) is 11.1. The van der Waals surface area contributed by atoms with Crippen molar-refractivity contribution >= 4 is 23.3 Å². The standard InChI is InChI=1S/C23H21ClN4O7/c24-12-6-7-14-13(8-12)17(11-4-2-1-3-5-11)25-9-15-26-27-16(28(14)15)10-34-23-20(31)18(29)19(30)21(35-23)22(32)33/h1-8,18-21,23,29-31H,9-10H2,(H,32,33)/t18-,19-,20+,21-,23+/m0/s1. The van der Waals surface area contributed by atoms with Crippen LogP contribution in [0.3, 0.4) is 0 Å². The zero-order valence-electron chi connectivity index (χ0n) is 18.1. The van der Waals surface area contributed by atoms with E-state index in [1.165, 1.54) is 0 Å². The molecule has 35 heavy (non-hydrogen) atoms. The third-order valence-electron chi connectivity index (χ3n) is 5.87. The number of nitrogens with zero attached hydrogens (tertiary/aromatic N) is 4. The summed E-state index contributed by atoms with van der Waals surface area (Å²) in [6, 6.07) is 15.0. The number of ether oxygens (including phenoxy) is 2. The number of rotatable bonds is 5. The van der Waals surface area contributed by atoms with Crippen molar-refractivity contribution in [1.82, 2.24) is 14.8 Å². The van der Waals surface area contributed by atoms with Crippen molar-refractivity contribution in [3.63, 3.8) is 0 Å². The molecule has 3 aromatic rings. The number of hydrogen-bond acceptors (Lipinski definition) is 9. The van der Waals surface area contributed by atoms with Crippen molar-refractivity contribution < 1.29 is 34.7 Å². The van der Waals surface area contributed by atoms with Gasteiger partial charge >= 0.3 is 5.97 Å². The summed E-state index contributed by atoms with van der Waals surface area (Å²) < 4.78 is 12.5. The van der Waals surface area contributed by atoms with Gasteiger partial charge in [0, 0.05) is 16.1 Å². The Labute approximate surface area is 203 Å². The van der Waals surface area contributed by atoms with Gasteiger partial charge in [0.1, 0.15) is 31.5 Å². The van der Waals surface area contributed by atoms with Crippen LogP contribution in [0.25, 0.3) is 5.69 Å². The number of fused-ring (bicyclic) bond motifs is 3. The van der Waals surface area contributed by atoms with Crippen molar-refractivity contribution in [2.45, 2.75) is 43.9 Å². The minimum Gasteiger partial charge on any atom is -0.479 e. The summed E-state index contributed by atoms with van der Waals surface area (Å²) in [5, 5.41) is 48.3. The van der Waals surface area contributed by atoms with E-state index in [2.05, 4.69) is 10.2 Å². The largest absolute Gasteiger partial charge is 0.479 e. The Morgan fingerprint density at radius 1 is 1.09 bits per heavy atom. The number of aliphatic imine (C=N–C) groups is 1. The summed E-state index contributed by atoms with van der Waals surface area (Å²) in [6.45, 7) is -0.0231. The first kappa shape index (κ1) is 23.5. The quantitative estimate of drug-likeness (QED) is 0.395. The number of aliphatic carboxylic acids is 1. The van der Waals surface area contributed by atoms with Crippen LogP contribution in [0.1, 0.15) is 22.8 Å². The molecule has 1 fully saturated rings. The smallest absolute Gasteiger partial charge is 0.335 e. The topological polar surface area (TPSA) is 160 Å². The Kier molecular flexibility index (Phi) is 6.36. The van der Waals surface area contributed by atoms with Crippen LogP contribution < -0.4 is 0 Å². The van der Waals surface area contributed by atoms with E-state index in [1.54, 1.807) is 16.7 Å². The van der Waals surface area contributed by atoms with Gasteiger partial charge in [-0.1, -0.05) is 41.9 Å². The van der Waals surface area contributed by atoms with E-state index in [1.807, 2.05) is 36.4 Å². The molecule has 0 unspecified atom stereocenters. The number of carbonyl (C=O) groups is 1. The minimum atomic E-state index is -1.81. The van der Waals surface area contributed by atoms with Crippen molar-refractivity contribution in [1.29, 1.82) is 0 Å². The van der Waals surface area contributed by atoms with E-state index in [-0.39, 0.29) is 13.2 Å². The molecule has 5 atom stereocenters. The lowest BCUT2D eigenvalue weighted by atomic mass is 9.99.